The Morgan fingerprint density at radius 3 is 2.44 bits per heavy atom. The summed E-state index contributed by atoms with van der Waals surface area (Å²) in [7, 11) is 0. The lowest BCUT2D eigenvalue weighted by atomic mass is 10.0. The third kappa shape index (κ3) is 4.38. The van der Waals surface area contributed by atoms with Gasteiger partial charge in [-0.1, -0.05) is 51.2 Å². The molecule has 25 heavy (non-hydrogen) atoms. The van der Waals surface area contributed by atoms with Crippen LogP contribution in [0.15, 0.2) is 36.4 Å². The summed E-state index contributed by atoms with van der Waals surface area (Å²) >= 11 is 0. The fraction of sp³-hybridized carbons (Fsp3) is 0.429. The van der Waals surface area contributed by atoms with Gasteiger partial charge in [0.05, 0.1) is 0 Å². The second-order valence-electron chi connectivity index (χ2n) is 6.82. The first kappa shape index (κ1) is 17.5. The molecule has 0 saturated heterocycles. The molecule has 1 aromatic heterocycles. The zero-order chi connectivity index (χ0) is 17.6. The van der Waals surface area contributed by atoms with Gasteiger partial charge in [-0.15, -0.1) is 15.0 Å². The SMILES string of the molecule is CCCCCCCCc1ccc(-n2nc3ccc(C)cc3n2)c(O)c1. The van der Waals surface area contributed by atoms with Gasteiger partial charge in [-0.25, -0.2) is 0 Å². The number of phenols is 1. The van der Waals surface area contributed by atoms with Gasteiger partial charge in [0.25, 0.3) is 0 Å². The molecule has 0 bridgehead atoms. The summed E-state index contributed by atoms with van der Waals surface area (Å²) in [4.78, 5) is 1.52. The van der Waals surface area contributed by atoms with E-state index in [2.05, 4.69) is 23.2 Å². The minimum absolute atomic E-state index is 0.237. The van der Waals surface area contributed by atoms with Gasteiger partial charge in [0.15, 0.2) is 0 Å². The van der Waals surface area contributed by atoms with Crippen molar-refractivity contribution < 1.29 is 5.11 Å². The fourth-order valence-corrected chi connectivity index (χ4v) is 3.14. The number of unbranched alkanes of at least 4 members (excludes halogenated alkanes) is 5. The number of phenolic OH excluding ortho intramolecular Hbond substituents is 1. The molecule has 3 rings (SSSR count). The summed E-state index contributed by atoms with van der Waals surface area (Å²) in [5.41, 5.74) is 4.62. The standard InChI is InChI=1S/C21H27N3O/c1-3-4-5-6-7-8-9-17-11-13-20(21(25)15-17)24-22-18-12-10-16(2)14-19(18)23-24/h10-15,25H,3-9H2,1-2H3. The van der Waals surface area contributed by atoms with E-state index in [9.17, 15) is 5.11 Å². The Labute approximate surface area is 149 Å². The van der Waals surface area contributed by atoms with Gasteiger partial charge >= 0.3 is 0 Å². The Bertz CT molecular complexity index is 838. The molecule has 0 unspecified atom stereocenters. The van der Waals surface area contributed by atoms with Crippen molar-refractivity contribution in [3.8, 4) is 11.4 Å². The molecule has 0 aliphatic rings. The Morgan fingerprint density at radius 2 is 1.64 bits per heavy atom. The van der Waals surface area contributed by atoms with Gasteiger partial charge in [-0.3, -0.25) is 0 Å². The van der Waals surface area contributed by atoms with Crippen molar-refractivity contribution in [1.82, 2.24) is 15.0 Å². The first-order valence-electron chi connectivity index (χ1n) is 9.33. The van der Waals surface area contributed by atoms with E-state index < -0.39 is 0 Å². The molecule has 4 nitrogen and oxygen atoms in total. The Hall–Kier alpha value is -2.36. The molecule has 0 atom stereocenters. The molecule has 4 heteroatoms. The smallest absolute Gasteiger partial charge is 0.143 e. The lowest BCUT2D eigenvalue weighted by Gasteiger charge is -2.06. The summed E-state index contributed by atoms with van der Waals surface area (Å²) in [6.45, 7) is 4.27. The quantitative estimate of drug-likeness (QED) is 0.565. The first-order valence-corrected chi connectivity index (χ1v) is 9.33. The molecular formula is C21H27N3O. The number of hydrogen-bond donors (Lipinski definition) is 1. The minimum Gasteiger partial charge on any atom is -0.506 e. The molecule has 0 saturated carbocycles. The van der Waals surface area contributed by atoms with Crippen LogP contribution >= 0.6 is 0 Å². The summed E-state index contributed by atoms with van der Waals surface area (Å²) in [5, 5.41) is 19.3. The lowest BCUT2D eigenvalue weighted by Crippen LogP contribution is -1.99. The van der Waals surface area contributed by atoms with E-state index >= 15 is 0 Å². The van der Waals surface area contributed by atoms with Gasteiger partial charge in [0, 0.05) is 0 Å². The Balaban J connectivity index is 1.66. The fourth-order valence-electron chi connectivity index (χ4n) is 3.14. The lowest BCUT2D eigenvalue weighted by molar-refractivity contribution is 0.466. The summed E-state index contributed by atoms with van der Waals surface area (Å²) in [6, 6.07) is 11.8. The highest BCUT2D eigenvalue weighted by Gasteiger charge is 2.09. The van der Waals surface area contributed by atoms with Crippen molar-refractivity contribution in [1.29, 1.82) is 0 Å². The largest absolute Gasteiger partial charge is 0.506 e. The molecule has 1 heterocycles. The van der Waals surface area contributed by atoms with Gasteiger partial charge < -0.3 is 5.11 Å². The van der Waals surface area contributed by atoms with Crippen molar-refractivity contribution in [2.24, 2.45) is 0 Å². The van der Waals surface area contributed by atoms with E-state index in [-0.39, 0.29) is 5.75 Å². The predicted octanol–water partition coefficient (Wildman–Crippen LogP) is 5.34. The maximum Gasteiger partial charge on any atom is 0.143 e. The van der Waals surface area contributed by atoms with Crippen LogP contribution in [0.4, 0.5) is 0 Å². The molecule has 132 valence electrons. The van der Waals surface area contributed by atoms with Crippen LogP contribution in [0.25, 0.3) is 16.7 Å². The first-order chi connectivity index (χ1) is 12.2. The van der Waals surface area contributed by atoms with E-state index in [1.54, 1.807) is 0 Å². The molecule has 0 fully saturated rings. The number of rotatable bonds is 8. The van der Waals surface area contributed by atoms with Crippen LogP contribution in [-0.4, -0.2) is 20.1 Å². The molecule has 0 spiro atoms. The number of nitrogens with zero attached hydrogens (tertiary/aromatic N) is 3. The van der Waals surface area contributed by atoms with E-state index in [0.29, 0.717) is 5.69 Å². The van der Waals surface area contributed by atoms with Crippen LogP contribution in [0.3, 0.4) is 0 Å². The topological polar surface area (TPSA) is 50.9 Å². The highest BCUT2D eigenvalue weighted by molar-refractivity contribution is 5.74. The monoisotopic (exact) mass is 337 g/mol. The van der Waals surface area contributed by atoms with Crippen LogP contribution in [0.2, 0.25) is 0 Å². The third-order valence-corrected chi connectivity index (χ3v) is 4.61. The molecular weight excluding hydrogens is 310 g/mol. The van der Waals surface area contributed by atoms with Gasteiger partial charge in [-0.2, -0.15) is 0 Å². The molecule has 2 aromatic carbocycles. The molecule has 0 aliphatic carbocycles. The maximum absolute atomic E-state index is 10.4. The average molecular weight is 337 g/mol. The third-order valence-electron chi connectivity index (χ3n) is 4.61. The Morgan fingerprint density at radius 1 is 0.880 bits per heavy atom. The number of aryl methyl sites for hydroxylation is 2. The normalized spacial score (nSPS) is 11.3. The van der Waals surface area contributed by atoms with Crippen molar-refractivity contribution in [3.05, 3.63) is 47.5 Å². The summed E-state index contributed by atoms with van der Waals surface area (Å²) in [5.74, 6) is 0.237. The van der Waals surface area contributed by atoms with Crippen LogP contribution in [0.5, 0.6) is 5.75 Å². The molecule has 0 radical (unpaired) electrons. The van der Waals surface area contributed by atoms with E-state index in [4.69, 9.17) is 0 Å². The summed E-state index contributed by atoms with van der Waals surface area (Å²) in [6.07, 6.45) is 8.69. The number of fused-ring (bicyclic) bond motifs is 1. The van der Waals surface area contributed by atoms with Crippen molar-refractivity contribution in [2.45, 2.75) is 58.8 Å². The van der Waals surface area contributed by atoms with Crippen LogP contribution in [-0.2, 0) is 6.42 Å². The number of aromatic nitrogens is 3. The van der Waals surface area contributed by atoms with Gasteiger partial charge in [0.1, 0.15) is 22.5 Å². The second kappa shape index (κ2) is 8.15. The maximum atomic E-state index is 10.4. The molecule has 1 N–H and O–H groups in total. The van der Waals surface area contributed by atoms with E-state index in [0.717, 1.165) is 23.0 Å². The summed E-state index contributed by atoms with van der Waals surface area (Å²) < 4.78 is 0. The average Bonchev–Trinajstić information content (AvgIpc) is 3.00. The predicted molar refractivity (Wildman–Crippen MR) is 102 cm³/mol. The van der Waals surface area contributed by atoms with Crippen LogP contribution in [0, 0.1) is 6.92 Å². The molecule has 3 aromatic rings. The van der Waals surface area contributed by atoms with E-state index in [1.165, 1.54) is 48.9 Å². The molecule has 0 amide bonds. The molecule has 0 aliphatic heterocycles. The van der Waals surface area contributed by atoms with Crippen LogP contribution < -0.4 is 0 Å². The zero-order valence-corrected chi connectivity index (χ0v) is 15.2. The minimum atomic E-state index is 0.237. The number of benzene rings is 2. The highest BCUT2D eigenvalue weighted by Crippen LogP contribution is 2.24. The Kier molecular flexibility index (Phi) is 5.69. The van der Waals surface area contributed by atoms with Crippen LogP contribution in [0.1, 0.15) is 56.6 Å². The van der Waals surface area contributed by atoms with Crippen molar-refractivity contribution in [3.63, 3.8) is 0 Å². The van der Waals surface area contributed by atoms with Crippen molar-refractivity contribution in [2.75, 3.05) is 0 Å². The highest BCUT2D eigenvalue weighted by atomic mass is 16.3. The van der Waals surface area contributed by atoms with Gasteiger partial charge in [-0.05, 0) is 55.2 Å². The van der Waals surface area contributed by atoms with Gasteiger partial charge in [0.2, 0.25) is 0 Å². The number of hydrogen-bond acceptors (Lipinski definition) is 3. The second-order valence-corrected chi connectivity index (χ2v) is 6.82. The van der Waals surface area contributed by atoms with Crippen molar-refractivity contribution >= 4 is 11.0 Å². The number of aromatic hydroxyl groups is 1. The zero-order valence-electron chi connectivity index (χ0n) is 15.2. The van der Waals surface area contributed by atoms with E-state index in [1.807, 2.05) is 37.3 Å².